The summed E-state index contributed by atoms with van der Waals surface area (Å²) in [6.07, 6.45) is 12.2. The van der Waals surface area contributed by atoms with Gasteiger partial charge in [0.25, 0.3) is 0 Å². The Balaban J connectivity index is 1.17. The molecule has 31 heavy (non-hydrogen) atoms. The Hall–Kier alpha value is -2.25. The number of fused-ring (bicyclic) bond motifs is 1. The molecule has 7 heteroatoms. The molecule has 6 nitrogen and oxygen atoms in total. The smallest absolute Gasteiger partial charge is 0.170 e. The first-order valence-electron chi connectivity index (χ1n) is 11.3. The van der Waals surface area contributed by atoms with Crippen LogP contribution in [0.1, 0.15) is 37.3 Å². The molecule has 0 radical (unpaired) electrons. The van der Waals surface area contributed by atoms with Crippen molar-refractivity contribution in [2.24, 2.45) is 5.92 Å². The SMILES string of the molecule is C=C(C1CCN(Cc2ccoc2)CC1)N1CCC(n2c(SC)nc3cccnc32)CC1. The van der Waals surface area contributed by atoms with Crippen LogP contribution in [0.25, 0.3) is 11.2 Å². The predicted molar refractivity (Wildman–Crippen MR) is 125 cm³/mol. The second kappa shape index (κ2) is 9.09. The highest BCUT2D eigenvalue weighted by molar-refractivity contribution is 7.98. The average molecular weight is 438 g/mol. The lowest BCUT2D eigenvalue weighted by Crippen LogP contribution is -2.40. The normalized spacial score (nSPS) is 19.3. The highest BCUT2D eigenvalue weighted by Gasteiger charge is 2.29. The van der Waals surface area contributed by atoms with Crippen LogP contribution in [0.5, 0.6) is 0 Å². The number of imidazole rings is 1. The Bertz CT molecular complexity index is 1010. The van der Waals surface area contributed by atoms with Crippen molar-refractivity contribution < 1.29 is 4.42 Å². The van der Waals surface area contributed by atoms with Crippen LogP contribution in [-0.2, 0) is 6.54 Å². The Morgan fingerprint density at radius 2 is 1.97 bits per heavy atom. The molecule has 0 aromatic carbocycles. The molecule has 2 saturated heterocycles. The molecule has 0 spiro atoms. The number of aromatic nitrogens is 3. The van der Waals surface area contributed by atoms with Gasteiger partial charge in [-0.1, -0.05) is 18.3 Å². The summed E-state index contributed by atoms with van der Waals surface area (Å²) in [6.45, 7) is 9.93. The van der Waals surface area contributed by atoms with E-state index in [0.29, 0.717) is 12.0 Å². The highest BCUT2D eigenvalue weighted by atomic mass is 32.2. The van der Waals surface area contributed by atoms with Crippen LogP contribution in [0.2, 0.25) is 0 Å². The minimum atomic E-state index is 0.461. The number of piperidine rings is 2. The highest BCUT2D eigenvalue weighted by Crippen LogP contribution is 2.34. The van der Waals surface area contributed by atoms with Gasteiger partial charge in [0.1, 0.15) is 5.52 Å². The molecule has 5 rings (SSSR count). The number of nitrogens with zero attached hydrogens (tertiary/aromatic N) is 5. The zero-order chi connectivity index (χ0) is 21.2. The average Bonchev–Trinajstić information content (AvgIpc) is 3.46. The number of rotatable bonds is 6. The molecule has 0 aliphatic carbocycles. The molecule has 5 heterocycles. The number of likely N-dealkylation sites (tertiary alicyclic amines) is 2. The zero-order valence-corrected chi connectivity index (χ0v) is 19.1. The van der Waals surface area contributed by atoms with E-state index in [2.05, 4.69) is 44.3 Å². The van der Waals surface area contributed by atoms with Gasteiger partial charge in [0.05, 0.1) is 12.5 Å². The summed E-state index contributed by atoms with van der Waals surface area (Å²) in [5.41, 5.74) is 4.64. The summed E-state index contributed by atoms with van der Waals surface area (Å²) in [6, 6.07) is 6.56. The first-order valence-corrected chi connectivity index (χ1v) is 12.5. The van der Waals surface area contributed by atoms with Gasteiger partial charge in [0, 0.05) is 49.1 Å². The summed E-state index contributed by atoms with van der Waals surface area (Å²) in [4.78, 5) is 14.5. The zero-order valence-electron chi connectivity index (χ0n) is 18.2. The van der Waals surface area contributed by atoms with Gasteiger partial charge in [-0.3, -0.25) is 4.90 Å². The third-order valence-corrected chi connectivity index (χ3v) is 7.53. The van der Waals surface area contributed by atoms with Crippen LogP contribution < -0.4 is 0 Å². The molecular weight excluding hydrogens is 406 g/mol. The van der Waals surface area contributed by atoms with Gasteiger partial charge in [-0.25, -0.2) is 9.97 Å². The van der Waals surface area contributed by atoms with Crippen molar-refractivity contribution in [3.63, 3.8) is 0 Å². The Morgan fingerprint density at radius 3 is 2.68 bits per heavy atom. The maximum atomic E-state index is 5.21. The first-order chi connectivity index (χ1) is 15.2. The largest absolute Gasteiger partial charge is 0.472 e. The number of pyridine rings is 1. The van der Waals surface area contributed by atoms with E-state index in [1.807, 2.05) is 18.5 Å². The van der Waals surface area contributed by atoms with Crippen LogP contribution in [-0.4, -0.2) is 56.8 Å². The van der Waals surface area contributed by atoms with E-state index in [1.165, 1.54) is 24.1 Å². The van der Waals surface area contributed by atoms with E-state index in [0.717, 1.165) is 61.9 Å². The third-order valence-electron chi connectivity index (χ3n) is 6.88. The molecule has 3 aromatic rings. The first kappa shape index (κ1) is 20.6. The van der Waals surface area contributed by atoms with Gasteiger partial charge in [-0.15, -0.1) is 0 Å². The number of thioether (sulfide) groups is 1. The molecule has 0 bridgehead atoms. The van der Waals surface area contributed by atoms with Gasteiger partial charge in [-0.2, -0.15) is 0 Å². The van der Waals surface area contributed by atoms with Crippen molar-refractivity contribution in [2.45, 2.75) is 43.4 Å². The van der Waals surface area contributed by atoms with Crippen LogP contribution in [0.4, 0.5) is 0 Å². The fourth-order valence-corrected chi connectivity index (χ4v) is 5.74. The van der Waals surface area contributed by atoms with E-state index in [1.54, 1.807) is 18.0 Å². The van der Waals surface area contributed by atoms with Gasteiger partial charge in [0.2, 0.25) is 0 Å². The molecule has 0 amide bonds. The maximum absolute atomic E-state index is 5.21. The Morgan fingerprint density at radius 1 is 1.16 bits per heavy atom. The lowest BCUT2D eigenvalue weighted by molar-refractivity contribution is 0.153. The number of allylic oxidation sites excluding steroid dienone is 1. The van der Waals surface area contributed by atoms with E-state index in [4.69, 9.17) is 9.40 Å². The fourth-order valence-electron chi connectivity index (χ4n) is 5.12. The van der Waals surface area contributed by atoms with Crippen LogP contribution >= 0.6 is 11.8 Å². The van der Waals surface area contributed by atoms with Crippen molar-refractivity contribution in [3.05, 3.63) is 54.8 Å². The summed E-state index contributed by atoms with van der Waals surface area (Å²) < 4.78 is 7.58. The maximum Gasteiger partial charge on any atom is 0.170 e. The number of furan rings is 1. The topological polar surface area (TPSA) is 50.3 Å². The molecule has 0 saturated carbocycles. The van der Waals surface area contributed by atoms with E-state index < -0.39 is 0 Å². The van der Waals surface area contributed by atoms with Crippen molar-refractivity contribution in [1.29, 1.82) is 0 Å². The summed E-state index contributed by atoms with van der Waals surface area (Å²) >= 11 is 1.72. The quantitative estimate of drug-likeness (QED) is 0.516. The molecule has 2 aliphatic heterocycles. The summed E-state index contributed by atoms with van der Waals surface area (Å²) in [7, 11) is 0. The summed E-state index contributed by atoms with van der Waals surface area (Å²) in [5, 5.41) is 1.08. The molecule has 164 valence electrons. The minimum absolute atomic E-state index is 0.461. The predicted octanol–water partition coefficient (Wildman–Crippen LogP) is 4.81. The number of hydrogen-bond donors (Lipinski definition) is 0. The Kier molecular flexibility index (Phi) is 6.05. The van der Waals surface area contributed by atoms with Crippen molar-refractivity contribution in [2.75, 3.05) is 32.4 Å². The van der Waals surface area contributed by atoms with Crippen LogP contribution in [0, 0.1) is 5.92 Å². The molecule has 2 aliphatic rings. The van der Waals surface area contributed by atoms with Gasteiger partial charge in [0.15, 0.2) is 10.8 Å². The molecule has 0 atom stereocenters. The van der Waals surface area contributed by atoms with Crippen molar-refractivity contribution in [1.82, 2.24) is 24.3 Å². The lowest BCUT2D eigenvalue weighted by atomic mass is 9.91. The van der Waals surface area contributed by atoms with Gasteiger partial charge < -0.3 is 13.9 Å². The summed E-state index contributed by atoms with van der Waals surface area (Å²) in [5.74, 6) is 0.606. The second-order valence-electron chi connectivity index (χ2n) is 8.71. The Labute approximate surface area is 188 Å². The monoisotopic (exact) mass is 437 g/mol. The molecule has 0 N–H and O–H groups in total. The van der Waals surface area contributed by atoms with Crippen molar-refractivity contribution in [3.8, 4) is 0 Å². The molecule has 2 fully saturated rings. The third kappa shape index (κ3) is 4.26. The van der Waals surface area contributed by atoms with Crippen molar-refractivity contribution >= 4 is 22.9 Å². The standard InChI is InChI=1S/C24H31N5OS/c1-18(20-5-11-27(12-6-20)16-19-9-15-30-17-19)28-13-7-21(8-14-28)29-23-22(4-3-10-25-23)26-24(29)31-2/h3-4,9-10,15,17,20-21H,1,5-8,11-14,16H2,2H3. The van der Waals surface area contributed by atoms with E-state index in [9.17, 15) is 0 Å². The molecule has 0 unspecified atom stereocenters. The lowest BCUT2D eigenvalue weighted by Gasteiger charge is -2.40. The number of hydrogen-bond acceptors (Lipinski definition) is 6. The second-order valence-corrected chi connectivity index (χ2v) is 9.48. The van der Waals surface area contributed by atoms with Gasteiger partial charge >= 0.3 is 0 Å². The van der Waals surface area contributed by atoms with E-state index >= 15 is 0 Å². The minimum Gasteiger partial charge on any atom is -0.472 e. The van der Waals surface area contributed by atoms with E-state index in [-0.39, 0.29) is 0 Å². The van der Waals surface area contributed by atoms with Gasteiger partial charge in [-0.05, 0) is 63.2 Å². The molecule has 3 aromatic heterocycles. The molecular formula is C24H31N5OS. The van der Waals surface area contributed by atoms with Crippen LogP contribution in [0.15, 0.2) is 58.8 Å². The van der Waals surface area contributed by atoms with Crippen LogP contribution in [0.3, 0.4) is 0 Å². The fraction of sp³-hybridized carbons (Fsp3) is 0.500.